The summed E-state index contributed by atoms with van der Waals surface area (Å²) in [6.45, 7) is 2.90. The van der Waals surface area contributed by atoms with Gasteiger partial charge in [0, 0.05) is 32.5 Å². The molecule has 0 spiro atoms. The number of nitrogens with zero attached hydrogens (tertiary/aromatic N) is 4. The van der Waals surface area contributed by atoms with E-state index in [0.717, 1.165) is 40.0 Å². The van der Waals surface area contributed by atoms with Crippen molar-refractivity contribution in [3.8, 4) is 5.75 Å². The van der Waals surface area contributed by atoms with Gasteiger partial charge >= 0.3 is 6.03 Å². The smallest absolute Gasteiger partial charge is 0.334 e. The van der Waals surface area contributed by atoms with E-state index >= 15 is 0 Å². The van der Waals surface area contributed by atoms with Crippen LogP contribution in [0.5, 0.6) is 5.75 Å². The number of piperazine rings is 1. The van der Waals surface area contributed by atoms with Crippen molar-refractivity contribution in [1.82, 2.24) is 25.1 Å². The first-order valence-corrected chi connectivity index (χ1v) is 15.8. The number of allylic oxidation sites excluding steroid dienone is 8. The lowest BCUT2D eigenvalue weighted by Crippen LogP contribution is -2.76. The Morgan fingerprint density at radius 3 is 2.59 bits per heavy atom. The van der Waals surface area contributed by atoms with Crippen LogP contribution in [-0.4, -0.2) is 83.7 Å². The van der Waals surface area contributed by atoms with E-state index in [0.29, 0.717) is 19.5 Å². The molecule has 0 radical (unpaired) electrons. The van der Waals surface area contributed by atoms with Crippen LogP contribution in [0.2, 0.25) is 0 Å². The molecule has 0 aromatic heterocycles. The lowest BCUT2D eigenvalue weighted by atomic mass is 9.89. The Kier molecular flexibility index (Phi) is 9.21. The van der Waals surface area contributed by atoms with E-state index in [1.807, 2.05) is 72.5 Å². The SMILES string of the molecule is C/C=C\C=C1\C[C@H]2C(=O)N(CC(c3ccccc3)C3=CCC1=CC=C3)C[C@H]1N2C(=O)CN(C)N1C(=O)NCc1ccc(OC)cc1. The summed E-state index contributed by atoms with van der Waals surface area (Å²) in [5.74, 6) is 0.410. The first-order valence-electron chi connectivity index (χ1n) is 15.8. The third kappa shape index (κ3) is 6.28. The summed E-state index contributed by atoms with van der Waals surface area (Å²) in [7, 11) is 3.37. The second-order valence-corrected chi connectivity index (χ2v) is 12.1. The van der Waals surface area contributed by atoms with Crippen molar-refractivity contribution in [2.75, 3.05) is 33.8 Å². The van der Waals surface area contributed by atoms with Gasteiger partial charge in [0.15, 0.2) is 0 Å². The highest BCUT2D eigenvalue weighted by Gasteiger charge is 2.51. The van der Waals surface area contributed by atoms with Crippen LogP contribution in [0.1, 0.15) is 36.8 Å². The number of likely N-dealkylation sites (N-methyl/N-ethyl adjacent to an activating group) is 1. The van der Waals surface area contributed by atoms with Crippen LogP contribution in [-0.2, 0) is 16.1 Å². The Hall–Kier alpha value is -4.89. The summed E-state index contributed by atoms with van der Waals surface area (Å²) in [6.07, 6.45) is 15.0. The number of fused-ring (bicyclic) bond motifs is 6. The number of carbonyl (C=O) groups is 3. The normalized spacial score (nSPS) is 24.4. The van der Waals surface area contributed by atoms with Gasteiger partial charge in [0.05, 0.1) is 20.2 Å². The number of hydrogen-bond donors (Lipinski definition) is 1. The average Bonchev–Trinajstić information content (AvgIpc) is 3.32. The fraction of sp³-hybridized carbons (Fsp3) is 0.324. The van der Waals surface area contributed by atoms with E-state index in [2.05, 4.69) is 41.8 Å². The summed E-state index contributed by atoms with van der Waals surface area (Å²) in [4.78, 5) is 45.7. The maximum atomic E-state index is 14.5. The topological polar surface area (TPSA) is 85.4 Å². The van der Waals surface area contributed by atoms with Crippen LogP contribution >= 0.6 is 0 Å². The van der Waals surface area contributed by atoms with Crippen LogP contribution in [0.3, 0.4) is 0 Å². The van der Waals surface area contributed by atoms with Crippen molar-refractivity contribution in [2.45, 2.75) is 44.4 Å². The zero-order valence-corrected chi connectivity index (χ0v) is 26.6. The molecule has 4 amide bonds. The minimum Gasteiger partial charge on any atom is -0.497 e. The second-order valence-electron chi connectivity index (χ2n) is 12.1. The van der Waals surface area contributed by atoms with Gasteiger partial charge in [-0.25, -0.2) is 14.8 Å². The molecule has 6 rings (SSSR count). The molecule has 46 heavy (non-hydrogen) atoms. The molecule has 3 heterocycles. The van der Waals surface area contributed by atoms with Gasteiger partial charge in [-0.2, -0.15) is 0 Å². The summed E-state index contributed by atoms with van der Waals surface area (Å²) in [5, 5.41) is 6.33. The Morgan fingerprint density at radius 2 is 1.85 bits per heavy atom. The first-order chi connectivity index (χ1) is 22.4. The fourth-order valence-electron chi connectivity index (χ4n) is 6.84. The summed E-state index contributed by atoms with van der Waals surface area (Å²) >= 11 is 0. The van der Waals surface area contributed by atoms with E-state index < -0.39 is 12.2 Å². The highest BCUT2D eigenvalue weighted by molar-refractivity contribution is 5.92. The Labute approximate surface area is 270 Å². The molecule has 3 atom stereocenters. The average molecular weight is 620 g/mol. The molecule has 9 heteroatoms. The standard InChI is InChI=1S/C37H41N5O4/c1-4-5-10-30-21-33-36(44)40(23-32(28-11-7-6-8-12-28)29-14-9-13-27(30)17-18-29)24-34-41(33)35(43)25-39(2)42(34)37(45)38-22-26-15-19-31(46-3)20-16-26/h4-16,18-20,32-34H,17,21-25H2,1-3H3,(H,38,45)/b5-4-,30-10-/t32?,33-,34-/m0/s1. The molecule has 1 unspecified atom stereocenters. The monoisotopic (exact) mass is 619 g/mol. The molecule has 1 aliphatic carbocycles. The van der Waals surface area contributed by atoms with Crippen LogP contribution in [0.15, 0.2) is 114 Å². The lowest BCUT2D eigenvalue weighted by molar-refractivity contribution is -0.187. The van der Waals surface area contributed by atoms with Crippen molar-refractivity contribution in [3.05, 3.63) is 125 Å². The number of benzene rings is 2. The molecule has 2 aromatic rings. The van der Waals surface area contributed by atoms with Gasteiger partial charge in [-0.3, -0.25) is 9.59 Å². The molecule has 3 aliphatic heterocycles. The number of rotatable bonds is 5. The number of amides is 4. The highest BCUT2D eigenvalue weighted by atomic mass is 16.5. The van der Waals surface area contributed by atoms with E-state index in [1.54, 1.807) is 29.1 Å². The molecule has 2 saturated heterocycles. The molecule has 238 valence electrons. The van der Waals surface area contributed by atoms with E-state index in [9.17, 15) is 14.4 Å². The van der Waals surface area contributed by atoms with Gasteiger partial charge in [-0.1, -0.05) is 85.0 Å². The molecule has 1 N–H and O–H groups in total. The lowest BCUT2D eigenvalue weighted by Gasteiger charge is -2.55. The largest absolute Gasteiger partial charge is 0.497 e. The zero-order chi connectivity index (χ0) is 32.2. The Balaban J connectivity index is 1.38. The number of nitrogens with one attached hydrogen (secondary N) is 1. The quantitative estimate of drug-likeness (QED) is 0.513. The highest BCUT2D eigenvalue weighted by Crippen LogP contribution is 2.37. The van der Waals surface area contributed by atoms with Gasteiger partial charge in [0.25, 0.3) is 0 Å². The maximum absolute atomic E-state index is 14.5. The molecule has 2 fully saturated rings. The number of methoxy groups -OCH3 is 1. The predicted molar refractivity (Wildman–Crippen MR) is 177 cm³/mol. The fourth-order valence-corrected chi connectivity index (χ4v) is 6.84. The molecule has 2 aromatic carbocycles. The zero-order valence-electron chi connectivity index (χ0n) is 26.6. The number of hydrogen-bond acceptors (Lipinski definition) is 5. The van der Waals surface area contributed by atoms with E-state index in [1.165, 1.54) is 0 Å². The number of ether oxygens (including phenoxy) is 1. The van der Waals surface area contributed by atoms with Crippen molar-refractivity contribution < 1.29 is 19.1 Å². The van der Waals surface area contributed by atoms with Crippen molar-refractivity contribution >= 4 is 17.8 Å². The molecular weight excluding hydrogens is 578 g/mol. The molecule has 9 nitrogen and oxygen atoms in total. The minimum atomic E-state index is -0.752. The van der Waals surface area contributed by atoms with Crippen molar-refractivity contribution in [3.63, 3.8) is 0 Å². The van der Waals surface area contributed by atoms with Gasteiger partial charge in [-0.05, 0) is 53.3 Å². The molecule has 0 saturated carbocycles. The Morgan fingerprint density at radius 1 is 1.07 bits per heavy atom. The molecular formula is C37H41N5O4. The summed E-state index contributed by atoms with van der Waals surface area (Å²) in [6, 6.07) is 16.7. The summed E-state index contributed by atoms with van der Waals surface area (Å²) < 4.78 is 5.26. The third-order valence-corrected chi connectivity index (χ3v) is 9.22. The molecule has 4 bridgehead atoms. The maximum Gasteiger partial charge on any atom is 0.334 e. The van der Waals surface area contributed by atoms with E-state index in [4.69, 9.17) is 4.74 Å². The first kappa shape index (κ1) is 31.1. The number of urea groups is 1. The number of hydrazine groups is 1. The minimum absolute atomic E-state index is 0.00603. The van der Waals surface area contributed by atoms with Gasteiger partial charge in [-0.15, -0.1) is 0 Å². The van der Waals surface area contributed by atoms with Crippen LogP contribution in [0, 0.1) is 0 Å². The number of carbonyl (C=O) groups excluding carboxylic acids is 3. The van der Waals surface area contributed by atoms with E-state index in [-0.39, 0.29) is 36.9 Å². The van der Waals surface area contributed by atoms with Gasteiger partial charge in [0.2, 0.25) is 11.8 Å². The third-order valence-electron chi connectivity index (χ3n) is 9.22. The van der Waals surface area contributed by atoms with Crippen molar-refractivity contribution in [1.29, 1.82) is 0 Å². The van der Waals surface area contributed by atoms with Crippen molar-refractivity contribution in [2.24, 2.45) is 0 Å². The van der Waals surface area contributed by atoms with Gasteiger partial charge < -0.3 is 19.9 Å². The van der Waals surface area contributed by atoms with Crippen LogP contribution < -0.4 is 10.1 Å². The Bertz CT molecular complexity index is 1620. The second kappa shape index (κ2) is 13.6. The predicted octanol–water partition coefficient (Wildman–Crippen LogP) is 4.94. The summed E-state index contributed by atoms with van der Waals surface area (Å²) in [5.41, 5.74) is 5.28. The van der Waals surface area contributed by atoms with Crippen LogP contribution in [0.25, 0.3) is 0 Å². The van der Waals surface area contributed by atoms with Crippen LogP contribution in [0.4, 0.5) is 4.79 Å². The van der Waals surface area contributed by atoms with Gasteiger partial charge in [0.1, 0.15) is 18.0 Å². The molecule has 4 aliphatic rings.